The maximum absolute atomic E-state index is 13.1. The molecular weight excluding hydrogens is 440 g/mol. The first-order valence-corrected chi connectivity index (χ1v) is 12.6. The lowest BCUT2D eigenvalue weighted by Gasteiger charge is -2.33. The molecule has 0 bridgehead atoms. The summed E-state index contributed by atoms with van der Waals surface area (Å²) in [7, 11) is 2.09. The molecular formula is C27H36N6O2. The van der Waals surface area contributed by atoms with E-state index in [-0.39, 0.29) is 23.4 Å². The number of piperidine rings is 1. The molecule has 1 fully saturated rings. The molecule has 0 saturated carbocycles. The molecule has 1 aliphatic rings. The Labute approximate surface area is 207 Å². The van der Waals surface area contributed by atoms with Gasteiger partial charge in [-0.05, 0) is 50.9 Å². The normalized spacial score (nSPS) is 15.5. The molecule has 1 atom stereocenters. The van der Waals surface area contributed by atoms with E-state index in [1.807, 2.05) is 30.0 Å². The minimum absolute atomic E-state index is 0.0461. The van der Waals surface area contributed by atoms with Crippen LogP contribution in [0.4, 0.5) is 5.82 Å². The predicted molar refractivity (Wildman–Crippen MR) is 139 cm³/mol. The highest BCUT2D eigenvalue weighted by Crippen LogP contribution is 2.22. The van der Waals surface area contributed by atoms with E-state index in [0.717, 1.165) is 19.5 Å². The summed E-state index contributed by atoms with van der Waals surface area (Å²) in [5.41, 5.74) is 2.48. The third kappa shape index (κ3) is 5.88. The van der Waals surface area contributed by atoms with Crippen molar-refractivity contribution in [1.29, 1.82) is 0 Å². The van der Waals surface area contributed by atoms with E-state index in [4.69, 9.17) is 0 Å². The van der Waals surface area contributed by atoms with Crippen LogP contribution in [0.15, 0.2) is 53.5 Å². The first-order valence-electron chi connectivity index (χ1n) is 12.6. The molecule has 1 aliphatic heterocycles. The van der Waals surface area contributed by atoms with Crippen molar-refractivity contribution in [3.05, 3.63) is 64.6 Å². The van der Waals surface area contributed by atoms with Gasteiger partial charge >= 0.3 is 0 Å². The molecule has 35 heavy (non-hydrogen) atoms. The van der Waals surface area contributed by atoms with Crippen LogP contribution >= 0.6 is 0 Å². The fourth-order valence-corrected chi connectivity index (χ4v) is 4.85. The summed E-state index contributed by atoms with van der Waals surface area (Å²) in [5.74, 6) is 0.529. The Kier molecular flexibility index (Phi) is 8.13. The van der Waals surface area contributed by atoms with Crippen molar-refractivity contribution in [3.8, 4) is 0 Å². The number of benzene rings is 1. The topological polar surface area (TPSA) is 83.4 Å². The van der Waals surface area contributed by atoms with Crippen LogP contribution in [-0.4, -0.2) is 58.1 Å². The molecule has 3 aromatic rings. The van der Waals surface area contributed by atoms with Gasteiger partial charge in [0.15, 0.2) is 11.5 Å². The second-order valence-corrected chi connectivity index (χ2v) is 9.39. The van der Waals surface area contributed by atoms with E-state index in [0.29, 0.717) is 49.5 Å². The van der Waals surface area contributed by atoms with Crippen LogP contribution < -0.4 is 15.8 Å². The molecule has 2 aromatic heterocycles. The molecule has 1 amide bonds. The second kappa shape index (κ2) is 11.4. The van der Waals surface area contributed by atoms with Crippen molar-refractivity contribution in [1.82, 2.24) is 24.8 Å². The van der Waals surface area contributed by atoms with Crippen molar-refractivity contribution >= 4 is 22.9 Å². The predicted octanol–water partition coefficient (Wildman–Crippen LogP) is 3.05. The summed E-state index contributed by atoms with van der Waals surface area (Å²) in [6.07, 6.45) is 3.98. The first kappa shape index (κ1) is 24.9. The van der Waals surface area contributed by atoms with Crippen LogP contribution in [0.2, 0.25) is 0 Å². The Morgan fingerprint density at radius 3 is 2.57 bits per heavy atom. The maximum Gasteiger partial charge on any atom is 0.295 e. The number of amides is 1. The number of rotatable bonds is 9. The van der Waals surface area contributed by atoms with Gasteiger partial charge in [-0.25, -0.2) is 9.97 Å². The highest BCUT2D eigenvalue weighted by atomic mass is 16.2. The summed E-state index contributed by atoms with van der Waals surface area (Å²) < 4.78 is 1.67. The van der Waals surface area contributed by atoms with Crippen molar-refractivity contribution in [2.24, 2.45) is 5.92 Å². The van der Waals surface area contributed by atoms with Gasteiger partial charge in [-0.2, -0.15) is 0 Å². The number of pyridine rings is 1. The smallest absolute Gasteiger partial charge is 0.295 e. The van der Waals surface area contributed by atoms with E-state index in [1.165, 1.54) is 5.56 Å². The molecule has 0 unspecified atom stereocenters. The third-order valence-corrected chi connectivity index (χ3v) is 6.83. The fraction of sp³-hybridized carbons (Fsp3) is 0.481. The van der Waals surface area contributed by atoms with Crippen LogP contribution in [0.25, 0.3) is 11.2 Å². The van der Waals surface area contributed by atoms with Crippen molar-refractivity contribution in [3.63, 3.8) is 0 Å². The number of nitrogens with zero attached hydrogens (tertiary/aromatic N) is 5. The van der Waals surface area contributed by atoms with Gasteiger partial charge in [-0.15, -0.1) is 0 Å². The lowest BCUT2D eigenvalue weighted by atomic mass is 9.95. The molecule has 0 radical (unpaired) electrons. The van der Waals surface area contributed by atoms with Crippen LogP contribution in [0.3, 0.4) is 0 Å². The first-order chi connectivity index (χ1) is 17.0. The summed E-state index contributed by atoms with van der Waals surface area (Å²) in [5, 5.41) is 3.27. The molecule has 1 saturated heterocycles. The van der Waals surface area contributed by atoms with Crippen LogP contribution in [-0.2, 0) is 17.9 Å². The maximum atomic E-state index is 13.1. The monoisotopic (exact) mass is 476 g/mol. The number of nitrogens with one attached hydrogen (secondary N) is 1. The fourth-order valence-electron chi connectivity index (χ4n) is 4.85. The second-order valence-electron chi connectivity index (χ2n) is 9.39. The number of aryl methyl sites for hydroxylation is 1. The zero-order chi connectivity index (χ0) is 24.8. The number of anilines is 1. The average molecular weight is 477 g/mol. The van der Waals surface area contributed by atoms with Crippen molar-refractivity contribution < 1.29 is 4.79 Å². The number of hydrogen-bond donors (Lipinski definition) is 1. The standard InChI is InChI=1S/C27H36N6O2/c1-4-22(19-31(3)18-20-10-7-6-8-11-20)29-26(34)21-13-16-32(17-14-21)25-27(35)33(5-2)24-23(30-25)12-9-15-28-24/h6-12,15,21-22H,4-5,13-14,16-19H2,1-3H3,(H,29,34)/t22-/m0/s1. The lowest BCUT2D eigenvalue weighted by molar-refractivity contribution is -0.126. The zero-order valence-electron chi connectivity index (χ0n) is 21.0. The van der Waals surface area contributed by atoms with Crippen LogP contribution in [0.5, 0.6) is 0 Å². The summed E-state index contributed by atoms with van der Waals surface area (Å²) >= 11 is 0. The van der Waals surface area contributed by atoms with Gasteiger partial charge in [0.25, 0.3) is 5.56 Å². The van der Waals surface area contributed by atoms with Gasteiger partial charge in [0, 0.05) is 50.9 Å². The largest absolute Gasteiger partial charge is 0.352 e. The van der Waals surface area contributed by atoms with Gasteiger partial charge in [-0.3, -0.25) is 14.2 Å². The molecule has 186 valence electrons. The molecule has 8 nitrogen and oxygen atoms in total. The van der Waals surface area contributed by atoms with E-state index >= 15 is 0 Å². The Morgan fingerprint density at radius 2 is 1.89 bits per heavy atom. The van der Waals surface area contributed by atoms with Crippen molar-refractivity contribution in [2.45, 2.75) is 52.2 Å². The minimum atomic E-state index is -0.117. The highest BCUT2D eigenvalue weighted by Gasteiger charge is 2.28. The van der Waals surface area contributed by atoms with Gasteiger partial charge in [-0.1, -0.05) is 37.3 Å². The van der Waals surface area contributed by atoms with Gasteiger partial charge in [0.2, 0.25) is 5.91 Å². The quantitative estimate of drug-likeness (QED) is 0.511. The molecule has 1 N–H and O–H groups in total. The number of likely N-dealkylation sites (N-methyl/N-ethyl adjacent to an activating group) is 1. The molecule has 0 spiro atoms. The Morgan fingerprint density at radius 1 is 1.14 bits per heavy atom. The van der Waals surface area contributed by atoms with E-state index < -0.39 is 0 Å². The molecule has 4 rings (SSSR count). The number of carbonyl (C=O) groups excluding carboxylic acids is 1. The van der Waals surface area contributed by atoms with Crippen LogP contribution in [0.1, 0.15) is 38.7 Å². The van der Waals surface area contributed by atoms with Crippen LogP contribution in [0, 0.1) is 5.92 Å². The minimum Gasteiger partial charge on any atom is -0.352 e. The number of aromatic nitrogens is 3. The third-order valence-electron chi connectivity index (χ3n) is 6.83. The average Bonchev–Trinajstić information content (AvgIpc) is 2.88. The van der Waals surface area contributed by atoms with Gasteiger partial charge in [0.05, 0.1) is 0 Å². The van der Waals surface area contributed by atoms with E-state index in [2.05, 4.69) is 58.4 Å². The lowest BCUT2D eigenvalue weighted by Crippen LogP contribution is -2.47. The SMILES string of the molecule is CC[C@@H](CN(C)Cc1ccccc1)NC(=O)C1CCN(c2nc3cccnc3n(CC)c2=O)CC1. The number of carbonyl (C=O) groups is 1. The Bertz CT molecular complexity index is 1190. The molecule has 3 heterocycles. The molecule has 1 aromatic carbocycles. The van der Waals surface area contributed by atoms with E-state index in [9.17, 15) is 9.59 Å². The van der Waals surface area contributed by atoms with Gasteiger partial charge < -0.3 is 15.1 Å². The summed E-state index contributed by atoms with van der Waals surface area (Å²) in [4.78, 5) is 39.4. The zero-order valence-corrected chi connectivity index (χ0v) is 21.0. The number of fused-ring (bicyclic) bond motifs is 1. The summed E-state index contributed by atoms with van der Waals surface area (Å²) in [6.45, 7) is 7.54. The number of hydrogen-bond acceptors (Lipinski definition) is 6. The van der Waals surface area contributed by atoms with E-state index in [1.54, 1.807) is 10.8 Å². The van der Waals surface area contributed by atoms with Gasteiger partial charge in [0.1, 0.15) is 5.52 Å². The molecule has 8 heteroatoms. The Hall–Kier alpha value is -3.26. The highest BCUT2D eigenvalue weighted by molar-refractivity contribution is 5.79. The summed E-state index contributed by atoms with van der Waals surface area (Å²) in [6, 6.07) is 14.2. The Balaban J connectivity index is 1.35. The molecule has 0 aliphatic carbocycles. The van der Waals surface area contributed by atoms with Crippen molar-refractivity contribution in [2.75, 3.05) is 31.6 Å².